The second-order valence-electron chi connectivity index (χ2n) is 10.6. The number of anilines is 2. The number of nitrogens with two attached hydrogens (primary N) is 2. The number of rotatable bonds is 4. The summed E-state index contributed by atoms with van der Waals surface area (Å²) in [6, 6.07) is 9.15. The molecule has 0 spiro atoms. The molecule has 1 aliphatic heterocycles. The van der Waals surface area contributed by atoms with Gasteiger partial charge in [0.25, 0.3) is 0 Å². The van der Waals surface area contributed by atoms with E-state index in [9.17, 15) is 0 Å². The first-order valence-electron chi connectivity index (χ1n) is 12.2. The fourth-order valence-electron chi connectivity index (χ4n) is 6.54. The van der Waals surface area contributed by atoms with Crippen molar-refractivity contribution < 1.29 is 13.9 Å². The Morgan fingerprint density at radius 2 is 1.92 bits per heavy atom. The maximum absolute atomic E-state index is 15.4. The number of aromatic nitrogens is 4. The third kappa shape index (κ3) is 2.90. The molecule has 1 saturated heterocycles. The summed E-state index contributed by atoms with van der Waals surface area (Å²) in [5.41, 5.74) is 13.4. The van der Waals surface area contributed by atoms with E-state index in [1.54, 1.807) is 12.1 Å². The topological polar surface area (TPSA) is 114 Å². The van der Waals surface area contributed by atoms with Crippen LogP contribution < -0.4 is 11.5 Å². The van der Waals surface area contributed by atoms with Crippen LogP contribution in [-0.4, -0.2) is 37.5 Å². The molecule has 1 saturated carbocycles. The lowest BCUT2D eigenvalue weighted by molar-refractivity contribution is -0.172. The minimum atomic E-state index is -0.721. The van der Waals surface area contributed by atoms with Gasteiger partial charge in [0.15, 0.2) is 11.6 Å². The number of nitrogen functional groups attached to an aromatic ring is 2. The number of hydrogen-bond donors (Lipinski definition) is 2. The summed E-state index contributed by atoms with van der Waals surface area (Å²) in [6.07, 6.45) is 8.85. The quantitative estimate of drug-likeness (QED) is 0.416. The molecule has 4 N–H and O–H groups in total. The summed E-state index contributed by atoms with van der Waals surface area (Å²) in [4.78, 5) is 12.9. The van der Waals surface area contributed by atoms with Gasteiger partial charge in [0.1, 0.15) is 35.2 Å². The molecule has 9 heteroatoms. The molecule has 3 aromatic heterocycles. The second-order valence-corrected chi connectivity index (χ2v) is 10.6. The molecular weight excluding hydrogens is 459 g/mol. The van der Waals surface area contributed by atoms with Crippen LogP contribution >= 0.6 is 0 Å². The van der Waals surface area contributed by atoms with Gasteiger partial charge in [-0.1, -0.05) is 24.3 Å². The predicted octanol–water partition coefficient (Wildman–Crippen LogP) is 4.16. The Labute approximate surface area is 207 Å². The average molecular weight is 487 g/mol. The summed E-state index contributed by atoms with van der Waals surface area (Å²) >= 11 is 0. The van der Waals surface area contributed by atoms with E-state index in [2.05, 4.69) is 31.7 Å². The summed E-state index contributed by atoms with van der Waals surface area (Å²) in [7, 11) is 0. The molecule has 0 unspecified atom stereocenters. The Morgan fingerprint density at radius 1 is 1.08 bits per heavy atom. The Balaban J connectivity index is 1.27. The number of pyridine rings is 1. The van der Waals surface area contributed by atoms with Crippen molar-refractivity contribution in [2.24, 2.45) is 11.3 Å². The molecular formula is C27H27FN6O2. The lowest BCUT2D eigenvalue weighted by atomic mass is 9.64. The number of nitrogens with zero attached hydrogens (tertiary/aromatic N) is 4. The minimum Gasteiger partial charge on any atom is -0.384 e. The van der Waals surface area contributed by atoms with Gasteiger partial charge in [-0.25, -0.2) is 19.3 Å². The number of fused-ring (bicyclic) bond motifs is 5. The molecule has 4 aromatic rings. The van der Waals surface area contributed by atoms with Crippen molar-refractivity contribution in [2.75, 3.05) is 11.5 Å². The van der Waals surface area contributed by atoms with Gasteiger partial charge in [-0.3, -0.25) is 0 Å². The molecule has 0 bridgehead atoms. The zero-order valence-electron chi connectivity index (χ0n) is 20.1. The zero-order valence-corrected chi connectivity index (χ0v) is 20.1. The molecule has 5 atom stereocenters. The van der Waals surface area contributed by atoms with Crippen molar-refractivity contribution >= 4 is 33.6 Å². The monoisotopic (exact) mass is 486 g/mol. The van der Waals surface area contributed by atoms with E-state index < -0.39 is 5.79 Å². The fourth-order valence-corrected chi connectivity index (χ4v) is 6.54. The SMILES string of the molecule is CC1(C)O[C@H]2[C@H](n3ccc4c(N)ncnc43)[C@H]3C=C[C@@]3(CCc3ccc4ccc(N)nc4c3F)[C@H]2O1. The van der Waals surface area contributed by atoms with Crippen molar-refractivity contribution in [3.05, 3.63) is 66.4 Å². The predicted molar refractivity (Wildman–Crippen MR) is 134 cm³/mol. The van der Waals surface area contributed by atoms with E-state index >= 15 is 4.39 Å². The van der Waals surface area contributed by atoms with Crippen LogP contribution in [0, 0.1) is 17.2 Å². The Hall–Kier alpha value is -3.56. The van der Waals surface area contributed by atoms with E-state index in [0.29, 0.717) is 35.6 Å². The summed E-state index contributed by atoms with van der Waals surface area (Å²) < 4.78 is 30.6. The van der Waals surface area contributed by atoms with Crippen LogP contribution in [0.25, 0.3) is 21.9 Å². The molecule has 0 amide bonds. The van der Waals surface area contributed by atoms with Crippen LogP contribution in [0.5, 0.6) is 0 Å². The molecule has 0 radical (unpaired) electrons. The van der Waals surface area contributed by atoms with Crippen LogP contribution in [-0.2, 0) is 15.9 Å². The molecule has 4 heterocycles. The van der Waals surface area contributed by atoms with E-state index in [4.69, 9.17) is 20.9 Å². The standard InChI is InChI=1S/C27H27FN6O2/c1-26(2)35-22-21(34-12-9-16-24(30)31-13-32-25(16)34)17-8-11-27(17,23(22)36-26)10-7-14-3-4-15-5-6-18(29)33-20(15)19(14)28/h3-6,8-9,11-13,17,21-23H,7,10H2,1-2H3,(H2,29,33)(H2,30,31,32)/t17-,21-,22+,23+,27-/m1/s1. The highest BCUT2D eigenvalue weighted by atomic mass is 19.1. The van der Waals surface area contributed by atoms with Crippen LogP contribution in [0.15, 0.2) is 55.0 Å². The van der Waals surface area contributed by atoms with Crippen LogP contribution in [0.4, 0.5) is 16.0 Å². The third-order valence-corrected chi connectivity index (χ3v) is 8.19. The average Bonchev–Trinajstić information content (AvgIpc) is 3.44. The van der Waals surface area contributed by atoms with Gasteiger partial charge in [-0.05, 0) is 50.5 Å². The summed E-state index contributed by atoms with van der Waals surface area (Å²) in [5.74, 6) is -0.125. The third-order valence-electron chi connectivity index (χ3n) is 8.19. The number of ether oxygens (including phenoxy) is 2. The van der Waals surface area contributed by atoms with Gasteiger partial charge < -0.3 is 25.5 Å². The molecule has 8 nitrogen and oxygen atoms in total. The molecule has 2 aliphatic carbocycles. The Bertz CT molecular complexity index is 1560. The van der Waals surface area contributed by atoms with Crippen molar-refractivity contribution in [2.45, 2.75) is 50.7 Å². The highest BCUT2D eigenvalue weighted by Gasteiger charge is 2.68. The van der Waals surface area contributed by atoms with Gasteiger partial charge in [0.2, 0.25) is 0 Å². The molecule has 3 aliphatic rings. The second kappa shape index (κ2) is 7.24. The van der Waals surface area contributed by atoms with Crippen LogP contribution in [0.3, 0.4) is 0 Å². The molecule has 36 heavy (non-hydrogen) atoms. The normalized spacial score (nSPS) is 30.0. The van der Waals surface area contributed by atoms with Crippen molar-refractivity contribution in [1.82, 2.24) is 19.5 Å². The fraction of sp³-hybridized carbons (Fsp3) is 0.370. The van der Waals surface area contributed by atoms with Crippen LogP contribution in [0.2, 0.25) is 0 Å². The Morgan fingerprint density at radius 3 is 2.72 bits per heavy atom. The van der Waals surface area contributed by atoms with Crippen LogP contribution in [0.1, 0.15) is 31.9 Å². The lowest BCUT2D eigenvalue weighted by Gasteiger charge is -2.44. The zero-order chi connectivity index (χ0) is 24.8. The molecule has 2 fully saturated rings. The van der Waals surface area contributed by atoms with Gasteiger partial charge in [-0.15, -0.1) is 0 Å². The maximum Gasteiger partial charge on any atom is 0.163 e. The van der Waals surface area contributed by atoms with Gasteiger partial charge in [-0.2, -0.15) is 0 Å². The highest BCUT2D eigenvalue weighted by Crippen LogP contribution is 2.64. The minimum absolute atomic E-state index is 0.0310. The van der Waals surface area contributed by atoms with E-state index in [1.807, 2.05) is 38.2 Å². The maximum atomic E-state index is 15.4. The highest BCUT2D eigenvalue weighted by molar-refractivity contribution is 5.86. The summed E-state index contributed by atoms with van der Waals surface area (Å²) in [6.45, 7) is 3.89. The molecule has 1 aromatic carbocycles. The Kier molecular flexibility index (Phi) is 4.36. The smallest absolute Gasteiger partial charge is 0.163 e. The largest absolute Gasteiger partial charge is 0.384 e. The van der Waals surface area contributed by atoms with Crippen molar-refractivity contribution in [3.63, 3.8) is 0 Å². The lowest BCUT2D eigenvalue weighted by Crippen LogP contribution is -2.43. The first kappa shape index (κ1) is 21.7. The van der Waals surface area contributed by atoms with Gasteiger partial charge >= 0.3 is 0 Å². The van der Waals surface area contributed by atoms with Crippen molar-refractivity contribution in [1.29, 1.82) is 0 Å². The number of aryl methyl sites for hydroxylation is 1. The first-order valence-corrected chi connectivity index (χ1v) is 12.2. The van der Waals surface area contributed by atoms with E-state index in [1.165, 1.54) is 6.33 Å². The number of benzene rings is 1. The van der Waals surface area contributed by atoms with E-state index in [0.717, 1.165) is 16.4 Å². The number of halogens is 1. The van der Waals surface area contributed by atoms with Gasteiger partial charge in [0.05, 0.1) is 17.5 Å². The van der Waals surface area contributed by atoms with Crippen molar-refractivity contribution in [3.8, 4) is 0 Å². The molecule has 184 valence electrons. The van der Waals surface area contributed by atoms with Gasteiger partial charge in [0, 0.05) is 22.9 Å². The molecule has 7 rings (SSSR count). The number of hydrogen-bond acceptors (Lipinski definition) is 7. The van der Waals surface area contributed by atoms with E-state index in [-0.39, 0.29) is 35.4 Å². The summed E-state index contributed by atoms with van der Waals surface area (Å²) in [5, 5.41) is 1.55. The number of allylic oxidation sites excluding steroid dienone is 1. The first-order chi connectivity index (χ1) is 17.3.